The Labute approximate surface area is 128 Å². The SMILES string of the molecule is COCCCn1c(C(C)C)ccc(CNCC(C)C)c1=O. The van der Waals surface area contributed by atoms with Gasteiger partial charge in [-0.15, -0.1) is 0 Å². The first-order valence-corrected chi connectivity index (χ1v) is 7.89. The quantitative estimate of drug-likeness (QED) is 0.712. The minimum absolute atomic E-state index is 0.133. The van der Waals surface area contributed by atoms with Crippen LogP contribution in [0.2, 0.25) is 0 Å². The van der Waals surface area contributed by atoms with Gasteiger partial charge in [0, 0.05) is 38.1 Å². The summed E-state index contributed by atoms with van der Waals surface area (Å²) in [5.74, 6) is 0.932. The van der Waals surface area contributed by atoms with Crippen LogP contribution in [0.3, 0.4) is 0 Å². The van der Waals surface area contributed by atoms with Gasteiger partial charge in [-0.25, -0.2) is 0 Å². The Bertz CT molecular complexity index is 478. The van der Waals surface area contributed by atoms with Gasteiger partial charge in [-0.05, 0) is 30.9 Å². The number of aromatic nitrogens is 1. The van der Waals surface area contributed by atoms with Gasteiger partial charge in [0.2, 0.25) is 0 Å². The second-order valence-corrected chi connectivity index (χ2v) is 6.27. The Hall–Kier alpha value is -1.13. The van der Waals surface area contributed by atoms with Gasteiger partial charge in [0.05, 0.1) is 0 Å². The van der Waals surface area contributed by atoms with E-state index < -0.39 is 0 Å². The van der Waals surface area contributed by atoms with Crippen LogP contribution in [0.1, 0.15) is 51.3 Å². The fourth-order valence-corrected chi connectivity index (χ4v) is 2.37. The van der Waals surface area contributed by atoms with E-state index in [0.717, 1.165) is 30.8 Å². The Morgan fingerprint density at radius 1 is 1.24 bits per heavy atom. The molecule has 0 saturated carbocycles. The van der Waals surface area contributed by atoms with Gasteiger partial charge in [0.25, 0.3) is 5.56 Å². The van der Waals surface area contributed by atoms with Crippen molar-refractivity contribution in [3.05, 3.63) is 33.7 Å². The molecule has 0 unspecified atom stereocenters. The van der Waals surface area contributed by atoms with Gasteiger partial charge in [0.1, 0.15) is 0 Å². The molecule has 0 fully saturated rings. The number of hydrogen-bond donors (Lipinski definition) is 1. The average molecular weight is 294 g/mol. The monoisotopic (exact) mass is 294 g/mol. The van der Waals surface area contributed by atoms with Crippen LogP contribution in [-0.4, -0.2) is 24.8 Å². The van der Waals surface area contributed by atoms with E-state index in [9.17, 15) is 4.79 Å². The maximum Gasteiger partial charge on any atom is 0.255 e. The highest BCUT2D eigenvalue weighted by Crippen LogP contribution is 2.13. The van der Waals surface area contributed by atoms with Gasteiger partial charge in [-0.1, -0.05) is 33.8 Å². The summed E-state index contributed by atoms with van der Waals surface area (Å²) in [6, 6.07) is 4.06. The van der Waals surface area contributed by atoms with Gasteiger partial charge in [-0.2, -0.15) is 0 Å². The molecule has 21 heavy (non-hydrogen) atoms. The molecule has 0 aliphatic carbocycles. The molecule has 0 saturated heterocycles. The van der Waals surface area contributed by atoms with Crippen molar-refractivity contribution in [2.45, 2.75) is 53.1 Å². The lowest BCUT2D eigenvalue weighted by Gasteiger charge is -2.17. The molecule has 1 heterocycles. The molecule has 1 aromatic rings. The maximum absolute atomic E-state index is 12.6. The zero-order valence-corrected chi connectivity index (χ0v) is 14.1. The highest BCUT2D eigenvalue weighted by molar-refractivity contribution is 5.18. The van der Waals surface area contributed by atoms with Gasteiger partial charge >= 0.3 is 0 Å². The van der Waals surface area contributed by atoms with E-state index in [2.05, 4.69) is 39.1 Å². The van der Waals surface area contributed by atoms with E-state index in [1.165, 1.54) is 0 Å². The zero-order chi connectivity index (χ0) is 15.8. The van der Waals surface area contributed by atoms with Gasteiger partial charge in [-0.3, -0.25) is 4.79 Å². The van der Waals surface area contributed by atoms with Crippen LogP contribution in [0.5, 0.6) is 0 Å². The Morgan fingerprint density at radius 2 is 1.95 bits per heavy atom. The normalized spacial score (nSPS) is 11.6. The zero-order valence-electron chi connectivity index (χ0n) is 14.1. The Balaban J connectivity index is 2.91. The predicted octanol–water partition coefficient (Wildman–Crippen LogP) is 2.75. The lowest BCUT2D eigenvalue weighted by molar-refractivity contribution is 0.189. The molecule has 0 amide bonds. The molecular weight excluding hydrogens is 264 g/mol. The van der Waals surface area contributed by atoms with E-state index in [-0.39, 0.29) is 5.56 Å². The summed E-state index contributed by atoms with van der Waals surface area (Å²) in [5.41, 5.74) is 2.08. The molecule has 0 atom stereocenters. The fraction of sp³-hybridized carbons (Fsp3) is 0.706. The molecule has 0 radical (unpaired) electrons. The minimum atomic E-state index is 0.133. The molecule has 1 aromatic heterocycles. The summed E-state index contributed by atoms with van der Waals surface area (Å²) in [5, 5.41) is 3.35. The van der Waals surface area contributed by atoms with Crippen molar-refractivity contribution in [1.82, 2.24) is 9.88 Å². The van der Waals surface area contributed by atoms with Crippen molar-refractivity contribution < 1.29 is 4.74 Å². The Kier molecular flexibility index (Phi) is 7.68. The van der Waals surface area contributed by atoms with Crippen LogP contribution >= 0.6 is 0 Å². The molecule has 0 aromatic carbocycles. The molecular formula is C17H30N2O2. The summed E-state index contributed by atoms with van der Waals surface area (Å²) in [6.07, 6.45) is 0.860. The van der Waals surface area contributed by atoms with Crippen molar-refractivity contribution in [3.63, 3.8) is 0 Å². The topological polar surface area (TPSA) is 43.3 Å². The molecule has 0 spiro atoms. The molecule has 0 aliphatic rings. The van der Waals surface area contributed by atoms with Crippen LogP contribution in [-0.2, 0) is 17.8 Å². The number of nitrogens with zero attached hydrogens (tertiary/aromatic N) is 1. The van der Waals surface area contributed by atoms with E-state index in [4.69, 9.17) is 4.74 Å². The highest BCUT2D eigenvalue weighted by atomic mass is 16.5. The number of nitrogens with one attached hydrogen (secondary N) is 1. The van der Waals surface area contributed by atoms with E-state index in [1.807, 2.05) is 10.6 Å². The van der Waals surface area contributed by atoms with Crippen LogP contribution in [0.15, 0.2) is 16.9 Å². The first-order valence-electron chi connectivity index (χ1n) is 7.89. The molecule has 0 aliphatic heterocycles. The minimum Gasteiger partial charge on any atom is -0.385 e. The third-order valence-corrected chi connectivity index (χ3v) is 3.48. The maximum atomic E-state index is 12.6. The van der Waals surface area contributed by atoms with Crippen molar-refractivity contribution in [3.8, 4) is 0 Å². The van der Waals surface area contributed by atoms with E-state index in [0.29, 0.717) is 25.0 Å². The second kappa shape index (κ2) is 9.00. The Morgan fingerprint density at radius 3 is 2.52 bits per heavy atom. The van der Waals surface area contributed by atoms with Gasteiger partial charge in [0.15, 0.2) is 0 Å². The number of pyridine rings is 1. The lowest BCUT2D eigenvalue weighted by Crippen LogP contribution is -2.31. The van der Waals surface area contributed by atoms with Crippen molar-refractivity contribution in [2.24, 2.45) is 5.92 Å². The van der Waals surface area contributed by atoms with Crippen LogP contribution in [0, 0.1) is 5.92 Å². The largest absolute Gasteiger partial charge is 0.385 e. The van der Waals surface area contributed by atoms with E-state index >= 15 is 0 Å². The van der Waals surface area contributed by atoms with Crippen LogP contribution < -0.4 is 10.9 Å². The lowest BCUT2D eigenvalue weighted by atomic mass is 10.1. The smallest absolute Gasteiger partial charge is 0.255 e. The molecule has 4 heteroatoms. The standard InChI is InChI=1S/C17H30N2O2/c1-13(2)11-18-12-15-7-8-16(14(3)4)19(17(15)20)9-6-10-21-5/h7-8,13-14,18H,6,9-12H2,1-5H3. The molecule has 1 N–H and O–H groups in total. The third-order valence-electron chi connectivity index (χ3n) is 3.48. The first-order chi connectivity index (χ1) is 9.97. The first kappa shape index (κ1) is 17.9. The highest BCUT2D eigenvalue weighted by Gasteiger charge is 2.11. The molecule has 1 rings (SSSR count). The number of rotatable bonds is 9. The average Bonchev–Trinajstić information content (AvgIpc) is 2.41. The predicted molar refractivity (Wildman–Crippen MR) is 87.8 cm³/mol. The van der Waals surface area contributed by atoms with Gasteiger partial charge < -0.3 is 14.6 Å². The summed E-state index contributed by atoms with van der Waals surface area (Å²) in [6.45, 7) is 11.5. The second-order valence-electron chi connectivity index (χ2n) is 6.27. The number of ether oxygens (including phenoxy) is 1. The molecule has 4 nitrogen and oxygen atoms in total. The van der Waals surface area contributed by atoms with E-state index in [1.54, 1.807) is 7.11 Å². The fourth-order valence-electron chi connectivity index (χ4n) is 2.37. The van der Waals surface area contributed by atoms with Crippen molar-refractivity contribution in [2.75, 3.05) is 20.3 Å². The molecule has 120 valence electrons. The number of hydrogen-bond acceptors (Lipinski definition) is 3. The summed E-state index contributed by atoms with van der Waals surface area (Å²) < 4.78 is 7.01. The third kappa shape index (κ3) is 5.64. The summed E-state index contributed by atoms with van der Waals surface area (Å²) >= 11 is 0. The molecule has 0 bridgehead atoms. The summed E-state index contributed by atoms with van der Waals surface area (Å²) in [4.78, 5) is 12.6. The van der Waals surface area contributed by atoms with Crippen molar-refractivity contribution >= 4 is 0 Å². The summed E-state index contributed by atoms with van der Waals surface area (Å²) in [7, 11) is 1.69. The number of methoxy groups -OCH3 is 1. The van der Waals surface area contributed by atoms with Crippen LogP contribution in [0.25, 0.3) is 0 Å². The van der Waals surface area contributed by atoms with Crippen molar-refractivity contribution in [1.29, 1.82) is 0 Å². The van der Waals surface area contributed by atoms with Crippen LogP contribution in [0.4, 0.5) is 0 Å².